The molecule has 0 saturated carbocycles. The van der Waals surface area contributed by atoms with Gasteiger partial charge in [0, 0.05) is 56.1 Å². The Morgan fingerprint density at radius 3 is 2.38 bits per heavy atom. The van der Waals surface area contributed by atoms with Gasteiger partial charge in [0.1, 0.15) is 10.6 Å². The third-order valence-electron chi connectivity index (χ3n) is 6.16. The molecule has 0 spiro atoms. The van der Waals surface area contributed by atoms with Crippen LogP contribution in [0.5, 0.6) is 0 Å². The Hall–Kier alpha value is -2.28. The molecule has 1 aromatic carbocycles. The third kappa shape index (κ3) is 4.06. The van der Waals surface area contributed by atoms with Crippen molar-refractivity contribution in [2.24, 2.45) is 0 Å². The normalized spacial score (nSPS) is 17.9. The van der Waals surface area contributed by atoms with Crippen molar-refractivity contribution in [2.75, 3.05) is 39.3 Å². The summed E-state index contributed by atoms with van der Waals surface area (Å²) in [6.07, 6.45) is -4.83. The van der Waals surface area contributed by atoms with Crippen molar-refractivity contribution in [1.82, 2.24) is 19.7 Å². The predicted octanol–water partition coefficient (Wildman–Crippen LogP) is 4.45. The second kappa shape index (κ2) is 8.74. The number of aromatic nitrogens is 1. The monoisotopic (exact) mass is 532 g/mol. The summed E-state index contributed by atoms with van der Waals surface area (Å²) in [6.45, 7) is 3.31. The Bertz CT molecular complexity index is 1250. The van der Waals surface area contributed by atoms with Gasteiger partial charge in [-0.2, -0.15) is 13.2 Å². The number of hydrogen-bond acceptors (Lipinski definition) is 6. The number of carbonyl (C=O) groups excluding carboxylic acids is 2. The molecule has 2 aromatic heterocycles. The van der Waals surface area contributed by atoms with E-state index in [2.05, 4.69) is 9.88 Å². The fraction of sp³-hybridized carbons (Fsp3) is 0.381. The molecule has 5 rings (SSSR count). The summed E-state index contributed by atoms with van der Waals surface area (Å²) in [5, 5.41) is 1.78. The van der Waals surface area contributed by atoms with Crippen molar-refractivity contribution in [2.45, 2.75) is 12.2 Å². The van der Waals surface area contributed by atoms with Gasteiger partial charge in [0.15, 0.2) is 5.82 Å². The van der Waals surface area contributed by atoms with Crippen LogP contribution in [0.25, 0.3) is 10.1 Å². The fourth-order valence-corrected chi connectivity index (χ4v) is 6.26. The van der Waals surface area contributed by atoms with E-state index in [0.717, 1.165) is 6.07 Å². The van der Waals surface area contributed by atoms with Crippen molar-refractivity contribution in [3.63, 3.8) is 0 Å². The Morgan fingerprint density at radius 1 is 1.06 bits per heavy atom. The SMILES string of the molecule is O=C(c1cscn1)N1CCN(C2CN(C(=O)c3sc4c(F)c(C(F)(F)F)ccc4c3Cl)C2)CC1. The molecule has 0 unspecified atom stereocenters. The van der Waals surface area contributed by atoms with Gasteiger partial charge < -0.3 is 9.80 Å². The molecule has 2 aliphatic heterocycles. The third-order valence-corrected chi connectivity index (χ3v) is 8.43. The van der Waals surface area contributed by atoms with E-state index in [0.29, 0.717) is 62.4 Å². The topological polar surface area (TPSA) is 56.8 Å². The van der Waals surface area contributed by atoms with E-state index < -0.39 is 23.5 Å². The van der Waals surface area contributed by atoms with Gasteiger partial charge in [-0.1, -0.05) is 17.7 Å². The van der Waals surface area contributed by atoms with Crippen LogP contribution in [0, 0.1) is 5.82 Å². The first-order chi connectivity index (χ1) is 16.1. The molecule has 3 aromatic rings. The number of halogens is 5. The molecule has 4 heterocycles. The van der Waals surface area contributed by atoms with Gasteiger partial charge in [-0.05, 0) is 6.07 Å². The molecule has 2 amide bonds. The molecule has 2 aliphatic rings. The molecular formula is C21H17ClF4N4O2S2. The fourth-order valence-electron chi connectivity index (χ4n) is 4.22. The van der Waals surface area contributed by atoms with Crippen LogP contribution in [0.15, 0.2) is 23.0 Å². The highest BCUT2D eigenvalue weighted by atomic mass is 35.5. The first-order valence-corrected chi connectivity index (χ1v) is 12.5. The molecule has 34 heavy (non-hydrogen) atoms. The largest absolute Gasteiger partial charge is 0.419 e. The number of hydrogen-bond donors (Lipinski definition) is 0. The van der Waals surface area contributed by atoms with Crippen LogP contribution < -0.4 is 0 Å². The lowest BCUT2D eigenvalue weighted by molar-refractivity contribution is -0.139. The summed E-state index contributed by atoms with van der Waals surface area (Å²) in [6, 6.07) is 1.85. The van der Waals surface area contributed by atoms with E-state index in [1.807, 2.05) is 0 Å². The quantitative estimate of drug-likeness (QED) is 0.468. The minimum atomic E-state index is -4.83. The van der Waals surface area contributed by atoms with Crippen LogP contribution in [-0.4, -0.2) is 76.8 Å². The maximum Gasteiger partial charge on any atom is 0.419 e. The van der Waals surface area contributed by atoms with Crippen molar-refractivity contribution in [3.8, 4) is 0 Å². The van der Waals surface area contributed by atoms with E-state index in [9.17, 15) is 27.2 Å². The molecule has 2 saturated heterocycles. The highest BCUT2D eigenvalue weighted by Gasteiger charge is 2.39. The molecule has 180 valence electrons. The zero-order valence-corrected chi connectivity index (χ0v) is 19.8. The van der Waals surface area contributed by atoms with Gasteiger partial charge in [0.25, 0.3) is 11.8 Å². The lowest BCUT2D eigenvalue weighted by atomic mass is 10.1. The van der Waals surface area contributed by atoms with Crippen LogP contribution in [0.2, 0.25) is 5.02 Å². The number of nitrogens with zero attached hydrogens (tertiary/aromatic N) is 4. The highest BCUT2D eigenvalue weighted by Crippen LogP contribution is 2.42. The predicted molar refractivity (Wildman–Crippen MR) is 121 cm³/mol. The molecule has 0 atom stereocenters. The number of thiazole rings is 1. The number of carbonyl (C=O) groups is 2. The second-order valence-corrected chi connectivity index (χ2v) is 10.2. The summed E-state index contributed by atoms with van der Waals surface area (Å²) in [7, 11) is 0. The highest BCUT2D eigenvalue weighted by molar-refractivity contribution is 7.21. The van der Waals surface area contributed by atoms with E-state index >= 15 is 0 Å². The van der Waals surface area contributed by atoms with E-state index in [-0.39, 0.29) is 31.9 Å². The number of alkyl halides is 3. The minimum Gasteiger partial charge on any atom is -0.335 e. The standard InChI is InChI=1S/C21H17ClF4N4O2S2/c22-15-12-1-2-13(21(24,25)26)16(23)17(12)34-18(15)20(32)30-7-11(8-30)28-3-5-29(6-4-28)19(31)14-9-33-10-27-14/h1-2,9-11H,3-8H2. The van der Waals surface area contributed by atoms with Gasteiger partial charge in [0.2, 0.25) is 0 Å². The molecule has 6 nitrogen and oxygen atoms in total. The average molecular weight is 533 g/mol. The number of piperazine rings is 1. The van der Waals surface area contributed by atoms with Crippen molar-refractivity contribution in [1.29, 1.82) is 0 Å². The molecule has 13 heteroatoms. The summed E-state index contributed by atoms with van der Waals surface area (Å²) < 4.78 is 53.3. The lowest BCUT2D eigenvalue weighted by Crippen LogP contribution is -2.64. The Balaban J connectivity index is 1.22. The van der Waals surface area contributed by atoms with Gasteiger partial charge in [0.05, 0.1) is 20.8 Å². The summed E-state index contributed by atoms with van der Waals surface area (Å²) >= 11 is 8.27. The molecule has 0 N–H and O–H groups in total. The van der Waals surface area contributed by atoms with Crippen molar-refractivity contribution in [3.05, 3.63) is 50.0 Å². The van der Waals surface area contributed by atoms with Crippen LogP contribution in [-0.2, 0) is 6.18 Å². The number of thiophene rings is 1. The van der Waals surface area contributed by atoms with E-state index in [1.165, 1.54) is 11.3 Å². The number of likely N-dealkylation sites (tertiary alicyclic amines) is 1. The first kappa shape index (κ1) is 23.5. The summed E-state index contributed by atoms with van der Waals surface area (Å²) in [4.78, 5) is 35.0. The van der Waals surface area contributed by atoms with Gasteiger partial charge >= 0.3 is 6.18 Å². The maximum atomic E-state index is 14.5. The van der Waals surface area contributed by atoms with Gasteiger partial charge in [-0.25, -0.2) is 9.37 Å². The zero-order chi connectivity index (χ0) is 24.2. The second-order valence-electron chi connectivity index (χ2n) is 8.11. The molecular weight excluding hydrogens is 516 g/mol. The Labute approximate surface area is 204 Å². The first-order valence-electron chi connectivity index (χ1n) is 10.3. The number of fused-ring (bicyclic) bond motifs is 1. The number of amides is 2. The smallest absolute Gasteiger partial charge is 0.335 e. The zero-order valence-electron chi connectivity index (χ0n) is 17.4. The van der Waals surface area contributed by atoms with Gasteiger partial charge in [-0.15, -0.1) is 22.7 Å². The summed E-state index contributed by atoms with van der Waals surface area (Å²) in [5.41, 5.74) is 0.682. The molecule has 0 radical (unpaired) electrons. The Kier molecular flexibility index (Phi) is 6.03. The summed E-state index contributed by atoms with van der Waals surface area (Å²) in [5.74, 6) is -1.93. The molecule has 2 fully saturated rings. The molecule has 0 bridgehead atoms. The van der Waals surface area contributed by atoms with E-state index in [4.69, 9.17) is 11.6 Å². The van der Waals surface area contributed by atoms with Gasteiger partial charge in [-0.3, -0.25) is 14.5 Å². The minimum absolute atomic E-state index is 0.0322. The van der Waals surface area contributed by atoms with E-state index in [1.54, 1.807) is 20.7 Å². The van der Waals surface area contributed by atoms with Crippen molar-refractivity contribution < 1.29 is 27.2 Å². The van der Waals surface area contributed by atoms with Crippen LogP contribution >= 0.6 is 34.3 Å². The van der Waals surface area contributed by atoms with Crippen LogP contribution in [0.3, 0.4) is 0 Å². The van der Waals surface area contributed by atoms with Crippen LogP contribution in [0.1, 0.15) is 25.7 Å². The number of rotatable bonds is 3. The lowest BCUT2D eigenvalue weighted by Gasteiger charge is -2.48. The molecule has 0 aliphatic carbocycles. The maximum absolute atomic E-state index is 14.5. The Morgan fingerprint density at radius 2 is 1.76 bits per heavy atom. The average Bonchev–Trinajstić information content (AvgIpc) is 3.41. The van der Waals surface area contributed by atoms with Crippen LogP contribution in [0.4, 0.5) is 17.6 Å². The van der Waals surface area contributed by atoms with Crippen molar-refractivity contribution >= 4 is 56.2 Å². The number of benzene rings is 1.